The van der Waals surface area contributed by atoms with Crippen molar-refractivity contribution in [3.63, 3.8) is 0 Å². The smallest absolute Gasteiger partial charge is 0.223 e. The maximum Gasteiger partial charge on any atom is 0.223 e. The van der Waals surface area contributed by atoms with Gasteiger partial charge in [0.05, 0.1) is 12.6 Å². The van der Waals surface area contributed by atoms with Crippen molar-refractivity contribution in [2.75, 3.05) is 26.2 Å². The Morgan fingerprint density at radius 1 is 1.35 bits per heavy atom. The zero-order valence-corrected chi connectivity index (χ0v) is 13.8. The second-order valence-corrected chi connectivity index (χ2v) is 6.93. The molecule has 0 spiro atoms. The molecule has 1 saturated heterocycles. The number of nitrogens with one attached hydrogen (secondary N) is 1. The first-order chi connectivity index (χ1) is 11.2. The van der Waals surface area contributed by atoms with Crippen LogP contribution in [0.25, 0.3) is 0 Å². The number of rotatable bonds is 5. The van der Waals surface area contributed by atoms with Gasteiger partial charge in [-0.25, -0.2) is 0 Å². The number of carbonyl (C=O) groups excluding carboxylic acids is 1. The molecule has 1 amide bonds. The topological polar surface area (TPSA) is 56.1 Å². The highest BCUT2D eigenvalue weighted by molar-refractivity contribution is 5.83. The van der Waals surface area contributed by atoms with E-state index in [1.54, 1.807) is 0 Å². The molecule has 1 N–H and O–H groups in total. The Labute approximate surface area is 138 Å². The third kappa shape index (κ3) is 3.92. The van der Waals surface area contributed by atoms with Gasteiger partial charge < -0.3 is 5.32 Å². The van der Waals surface area contributed by atoms with E-state index >= 15 is 0 Å². The molecule has 4 nitrogen and oxygen atoms in total. The summed E-state index contributed by atoms with van der Waals surface area (Å²) >= 11 is 0. The molecule has 1 aliphatic carbocycles. The molecule has 0 aromatic heterocycles. The molecular weight excluding hydrogens is 286 g/mol. The molecule has 1 aromatic carbocycles. The molecule has 0 radical (unpaired) electrons. The highest BCUT2D eigenvalue weighted by atomic mass is 16.2. The van der Waals surface area contributed by atoms with Crippen LogP contribution in [-0.2, 0) is 4.79 Å². The number of hydrogen-bond acceptors (Lipinski definition) is 3. The molecule has 2 fully saturated rings. The first-order valence-electron chi connectivity index (χ1n) is 8.61. The Bertz CT molecular complexity index is 599. The normalized spacial score (nSPS) is 24.9. The average Bonchev–Trinajstić information content (AvgIpc) is 3.35. The number of benzene rings is 1. The fourth-order valence-electron chi connectivity index (χ4n) is 3.66. The van der Waals surface area contributed by atoms with Gasteiger partial charge in [-0.2, -0.15) is 5.26 Å². The van der Waals surface area contributed by atoms with Gasteiger partial charge in [-0.05, 0) is 62.2 Å². The lowest BCUT2D eigenvalue weighted by Gasteiger charge is -2.30. The van der Waals surface area contributed by atoms with E-state index in [1.807, 2.05) is 0 Å². The van der Waals surface area contributed by atoms with Crippen LogP contribution in [-0.4, -0.2) is 37.0 Å². The van der Waals surface area contributed by atoms with Gasteiger partial charge >= 0.3 is 0 Å². The van der Waals surface area contributed by atoms with E-state index in [-0.39, 0.29) is 11.8 Å². The molecule has 1 heterocycles. The number of hydrogen-bond donors (Lipinski definition) is 1. The number of likely N-dealkylation sites (tertiary alicyclic amines) is 1. The molecule has 0 bridgehead atoms. The van der Waals surface area contributed by atoms with Crippen LogP contribution in [0.5, 0.6) is 0 Å². The number of carbonyl (C=O) groups is 1. The van der Waals surface area contributed by atoms with Crippen molar-refractivity contribution < 1.29 is 4.79 Å². The molecule has 1 aromatic rings. The van der Waals surface area contributed by atoms with Crippen LogP contribution in [0.2, 0.25) is 0 Å². The van der Waals surface area contributed by atoms with Gasteiger partial charge in [0.2, 0.25) is 5.91 Å². The van der Waals surface area contributed by atoms with E-state index in [0.29, 0.717) is 18.4 Å². The summed E-state index contributed by atoms with van der Waals surface area (Å²) in [6.07, 6.45) is 3.14. The fraction of sp³-hybridized carbons (Fsp3) is 0.579. The molecule has 4 heteroatoms. The van der Waals surface area contributed by atoms with E-state index in [2.05, 4.69) is 47.5 Å². The van der Waals surface area contributed by atoms with Crippen molar-refractivity contribution >= 4 is 5.91 Å². The SMILES string of the molecule is Cc1ccccc1[C@@H]1C[C@H]1C(=O)NCC1CCN(CC#N)CC1. The van der Waals surface area contributed by atoms with Crippen molar-refractivity contribution in [3.05, 3.63) is 35.4 Å². The second-order valence-electron chi connectivity index (χ2n) is 6.93. The lowest BCUT2D eigenvalue weighted by atomic mass is 9.96. The predicted octanol–water partition coefficient (Wildman–Crippen LogP) is 2.45. The highest BCUT2D eigenvalue weighted by Crippen LogP contribution is 2.48. The molecule has 2 atom stereocenters. The summed E-state index contributed by atoms with van der Waals surface area (Å²) < 4.78 is 0. The second kappa shape index (κ2) is 7.14. The number of aryl methyl sites for hydroxylation is 1. The minimum absolute atomic E-state index is 0.162. The summed E-state index contributed by atoms with van der Waals surface area (Å²) in [5.74, 6) is 1.35. The quantitative estimate of drug-likeness (QED) is 0.850. The van der Waals surface area contributed by atoms with Gasteiger partial charge in [0.15, 0.2) is 0 Å². The zero-order valence-electron chi connectivity index (χ0n) is 13.8. The standard InChI is InChI=1S/C19H25N3O/c1-14-4-2-3-5-16(14)17-12-18(17)19(23)21-13-15-6-9-22(10-7-15)11-8-20/h2-5,15,17-18H,6-7,9-13H2,1H3,(H,21,23)/t17-,18+/m0/s1. The average molecular weight is 311 g/mol. The van der Waals surface area contributed by atoms with E-state index < -0.39 is 0 Å². The van der Waals surface area contributed by atoms with Crippen molar-refractivity contribution in [2.24, 2.45) is 11.8 Å². The van der Waals surface area contributed by atoms with Gasteiger partial charge in [-0.1, -0.05) is 24.3 Å². The van der Waals surface area contributed by atoms with Crippen LogP contribution in [0.1, 0.15) is 36.3 Å². The van der Waals surface area contributed by atoms with Crippen LogP contribution in [0, 0.1) is 30.1 Å². The van der Waals surface area contributed by atoms with E-state index in [0.717, 1.165) is 38.9 Å². The summed E-state index contributed by atoms with van der Waals surface area (Å²) in [5.41, 5.74) is 2.62. The number of amides is 1. The number of nitrogens with zero attached hydrogens (tertiary/aromatic N) is 2. The predicted molar refractivity (Wildman–Crippen MR) is 89.8 cm³/mol. The largest absolute Gasteiger partial charge is 0.356 e. The van der Waals surface area contributed by atoms with Crippen LogP contribution < -0.4 is 5.32 Å². The van der Waals surface area contributed by atoms with Crippen LogP contribution >= 0.6 is 0 Å². The van der Waals surface area contributed by atoms with Crippen molar-refractivity contribution in [1.82, 2.24) is 10.2 Å². The fourth-order valence-corrected chi connectivity index (χ4v) is 3.66. The summed E-state index contributed by atoms with van der Waals surface area (Å²) in [7, 11) is 0. The Morgan fingerprint density at radius 2 is 2.09 bits per heavy atom. The van der Waals surface area contributed by atoms with Crippen LogP contribution in [0.4, 0.5) is 0 Å². The van der Waals surface area contributed by atoms with Gasteiger partial charge in [0.1, 0.15) is 0 Å². The maximum absolute atomic E-state index is 12.3. The van der Waals surface area contributed by atoms with Gasteiger partial charge in [0, 0.05) is 12.5 Å². The zero-order chi connectivity index (χ0) is 16.2. The third-order valence-electron chi connectivity index (χ3n) is 5.28. The molecule has 23 heavy (non-hydrogen) atoms. The molecule has 3 rings (SSSR count). The molecular formula is C19H25N3O. The summed E-state index contributed by atoms with van der Waals surface area (Å²) in [6.45, 7) is 5.39. The van der Waals surface area contributed by atoms with Gasteiger partial charge in [-0.3, -0.25) is 9.69 Å². The highest BCUT2D eigenvalue weighted by Gasteiger charge is 2.44. The van der Waals surface area contributed by atoms with E-state index in [1.165, 1.54) is 11.1 Å². The van der Waals surface area contributed by atoms with Gasteiger partial charge in [-0.15, -0.1) is 0 Å². The molecule has 1 aliphatic heterocycles. The Morgan fingerprint density at radius 3 is 2.78 bits per heavy atom. The molecule has 1 saturated carbocycles. The van der Waals surface area contributed by atoms with Gasteiger partial charge in [0.25, 0.3) is 0 Å². The van der Waals surface area contributed by atoms with E-state index in [9.17, 15) is 4.79 Å². The van der Waals surface area contributed by atoms with Crippen molar-refractivity contribution in [1.29, 1.82) is 5.26 Å². The summed E-state index contributed by atoms with van der Waals surface area (Å²) in [4.78, 5) is 14.5. The van der Waals surface area contributed by atoms with Crippen LogP contribution in [0.15, 0.2) is 24.3 Å². The summed E-state index contributed by atoms with van der Waals surface area (Å²) in [6, 6.07) is 10.6. The van der Waals surface area contributed by atoms with Crippen LogP contribution in [0.3, 0.4) is 0 Å². The first-order valence-corrected chi connectivity index (χ1v) is 8.61. The Kier molecular flexibility index (Phi) is 4.97. The number of nitriles is 1. The molecule has 122 valence electrons. The maximum atomic E-state index is 12.3. The lowest BCUT2D eigenvalue weighted by molar-refractivity contribution is -0.122. The Hall–Kier alpha value is -1.86. The first kappa shape index (κ1) is 16.0. The molecule has 2 aliphatic rings. The summed E-state index contributed by atoms with van der Waals surface area (Å²) in [5, 5.41) is 11.9. The number of piperidine rings is 1. The molecule has 0 unspecified atom stereocenters. The van der Waals surface area contributed by atoms with Crippen molar-refractivity contribution in [2.45, 2.75) is 32.1 Å². The van der Waals surface area contributed by atoms with E-state index in [4.69, 9.17) is 5.26 Å². The monoisotopic (exact) mass is 311 g/mol. The lowest BCUT2D eigenvalue weighted by Crippen LogP contribution is -2.39. The Balaban J connectivity index is 1.42. The minimum atomic E-state index is 0.162. The van der Waals surface area contributed by atoms with Crippen molar-refractivity contribution in [3.8, 4) is 6.07 Å². The minimum Gasteiger partial charge on any atom is -0.356 e. The third-order valence-corrected chi connectivity index (χ3v) is 5.28.